The zero-order valence-electron chi connectivity index (χ0n) is 15.1. The van der Waals surface area contributed by atoms with Crippen molar-refractivity contribution in [2.24, 2.45) is 5.92 Å². The van der Waals surface area contributed by atoms with E-state index in [1.165, 1.54) is 83.5 Å². The first kappa shape index (κ1) is 20.7. The highest BCUT2D eigenvalue weighted by atomic mass is 16.1. The monoisotopic (exact) mass is 296 g/mol. The molecule has 21 heavy (non-hydrogen) atoms. The van der Waals surface area contributed by atoms with Gasteiger partial charge in [-0.2, -0.15) is 0 Å². The van der Waals surface area contributed by atoms with Crippen LogP contribution in [0.25, 0.3) is 0 Å². The van der Waals surface area contributed by atoms with Crippen LogP contribution in [0.5, 0.6) is 0 Å². The van der Waals surface area contributed by atoms with Crippen LogP contribution in [0.1, 0.15) is 117 Å². The van der Waals surface area contributed by atoms with E-state index in [1.807, 2.05) is 13.8 Å². The number of Topliss-reactive ketones (excluding diaryl/α,β-unsaturated/α-hetero) is 1. The van der Waals surface area contributed by atoms with E-state index in [9.17, 15) is 4.79 Å². The van der Waals surface area contributed by atoms with Crippen molar-refractivity contribution in [2.45, 2.75) is 117 Å². The molecule has 0 atom stereocenters. The molecule has 0 bridgehead atoms. The van der Waals surface area contributed by atoms with E-state index in [4.69, 9.17) is 0 Å². The van der Waals surface area contributed by atoms with Gasteiger partial charge in [0.2, 0.25) is 0 Å². The van der Waals surface area contributed by atoms with Gasteiger partial charge < -0.3 is 0 Å². The Balaban J connectivity index is 3.04. The molecule has 0 spiro atoms. The van der Waals surface area contributed by atoms with Crippen LogP contribution in [0.2, 0.25) is 0 Å². The summed E-state index contributed by atoms with van der Waals surface area (Å²) in [5, 5.41) is 0. The van der Waals surface area contributed by atoms with Crippen molar-refractivity contribution >= 4 is 5.78 Å². The van der Waals surface area contributed by atoms with Gasteiger partial charge in [-0.15, -0.1) is 0 Å². The molecule has 0 aromatic carbocycles. The van der Waals surface area contributed by atoms with Gasteiger partial charge in [-0.25, -0.2) is 0 Å². The molecule has 0 rings (SSSR count). The summed E-state index contributed by atoms with van der Waals surface area (Å²) < 4.78 is 0. The zero-order valence-corrected chi connectivity index (χ0v) is 15.1. The highest BCUT2D eigenvalue weighted by Gasteiger charge is 2.05. The van der Waals surface area contributed by atoms with Gasteiger partial charge in [-0.3, -0.25) is 4.79 Å². The van der Waals surface area contributed by atoms with Crippen molar-refractivity contribution in [3.05, 3.63) is 0 Å². The molecule has 1 heteroatoms. The van der Waals surface area contributed by atoms with Gasteiger partial charge in [0.25, 0.3) is 0 Å². The molecular formula is C20H40O. The average Bonchev–Trinajstić information content (AvgIpc) is 2.47. The van der Waals surface area contributed by atoms with Crippen LogP contribution in [-0.4, -0.2) is 5.78 Å². The van der Waals surface area contributed by atoms with Gasteiger partial charge in [0.05, 0.1) is 0 Å². The molecule has 0 saturated carbocycles. The molecule has 0 N–H and O–H groups in total. The van der Waals surface area contributed by atoms with Gasteiger partial charge >= 0.3 is 0 Å². The van der Waals surface area contributed by atoms with Crippen molar-refractivity contribution in [1.82, 2.24) is 0 Å². The van der Waals surface area contributed by atoms with Crippen LogP contribution < -0.4 is 0 Å². The molecule has 0 saturated heterocycles. The van der Waals surface area contributed by atoms with Crippen molar-refractivity contribution in [1.29, 1.82) is 0 Å². The molecule has 126 valence electrons. The lowest BCUT2D eigenvalue weighted by atomic mass is 10.0. The number of unbranched alkanes of at least 4 members (excludes halogenated alkanes) is 13. The van der Waals surface area contributed by atoms with Crippen LogP contribution in [-0.2, 0) is 4.79 Å². The van der Waals surface area contributed by atoms with E-state index < -0.39 is 0 Å². The Hall–Kier alpha value is -0.330. The van der Waals surface area contributed by atoms with Gasteiger partial charge in [0.15, 0.2) is 0 Å². The number of carbonyl (C=O) groups is 1. The Kier molecular flexibility index (Phi) is 15.8. The highest BCUT2D eigenvalue weighted by molar-refractivity contribution is 5.80. The molecule has 1 nitrogen and oxygen atoms in total. The van der Waals surface area contributed by atoms with Crippen molar-refractivity contribution in [3.63, 3.8) is 0 Å². The predicted octanol–water partition coefficient (Wildman–Crippen LogP) is 7.08. The summed E-state index contributed by atoms with van der Waals surface area (Å²) in [6.07, 6.45) is 20.1. The first-order valence-corrected chi connectivity index (χ1v) is 9.71. The topological polar surface area (TPSA) is 17.1 Å². The quantitative estimate of drug-likeness (QED) is 0.278. The molecule has 0 heterocycles. The van der Waals surface area contributed by atoms with E-state index in [2.05, 4.69) is 6.92 Å². The Bertz CT molecular complexity index is 220. The fourth-order valence-corrected chi connectivity index (χ4v) is 2.78. The maximum absolute atomic E-state index is 11.5. The molecular weight excluding hydrogens is 256 g/mol. The fourth-order valence-electron chi connectivity index (χ4n) is 2.78. The normalized spacial score (nSPS) is 11.2. The molecule has 0 fully saturated rings. The van der Waals surface area contributed by atoms with Crippen molar-refractivity contribution < 1.29 is 4.79 Å². The van der Waals surface area contributed by atoms with E-state index >= 15 is 0 Å². The van der Waals surface area contributed by atoms with Crippen molar-refractivity contribution in [3.8, 4) is 0 Å². The fraction of sp³-hybridized carbons (Fsp3) is 0.950. The predicted molar refractivity (Wildman–Crippen MR) is 94.8 cm³/mol. The van der Waals surface area contributed by atoms with E-state index in [-0.39, 0.29) is 5.92 Å². The Labute approximate surface area is 134 Å². The number of ketones is 1. The van der Waals surface area contributed by atoms with E-state index in [1.54, 1.807) is 0 Å². The molecule has 0 amide bonds. The van der Waals surface area contributed by atoms with Gasteiger partial charge in [-0.1, -0.05) is 104 Å². The minimum absolute atomic E-state index is 0.229. The Morgan fingerprint density at radius 3 is 1.29 bits per heavy atom. The van der Waals surface area contributed by atoms with Gasteiger partial charge in [0.1, 0.15) is 5.78 Å². The van der Waals surface area contributed by atoms with E-state index in [0.717, 1.165) is 12.8 Å². The standard InChI is InChI=1S/C20H40O/c1-4-5-6-7-8-9-10-11-12-13-14-15-16-17-18-20(21)19(2)3/h19H,4-18H2,1-3H3. The van der Waals surface area contributed by atoms with E-state index in [0.29, 0.717) is 5.78 Å². The van der Waals surface area contributed by atoms with Crippen LogP contribution in [0.3, 0.4) is 0 Å². The smallest absolute Gasteiger partial charge is 0.135 e. The largest absolute Gasteiger partial charge is 0.299 e. The Morgan fingerprint density at radius 1 is 0.619 bits per heavy atom. The molecule has 0 radical (unpaired) electrons. The molecule has 0 aliphatic carbocycles. The second-order valence-corrected chi connectivity index (χ2v) is 6.97. The highest BCUT2D eigenvalue weighted by Crippen LogP contribution is 2.13. The van der Waals surface area contributed by atoms with Gasteiger partial charge in [0, 0.05) is 12.3 Å². The second-order valence-electron chi connectivity index (χ2n) is 6.97. The summed E-state index contributed by atoms with van der Waals surface area (Å²) in [6.45, 7) is 6.29. The lowest BCUT2D eigenvalue weighted by Gasteiger charge is -2.04. The van der Waals surface area contributed by atoms with Gasteiger partial charge in [-0.05, 0) is 6.42 Å². The van der Waals surface area contributed by atoms with Crippen LogP contribution in [0.4, 0.5) is 0 Å². The molecule has 0 unspecified atom stereocenters. The molecule has 0 aliphatic rings. The third-order valence-electron chi connectivity index (χ3n) is 4.42. The first-order valence-electron chi connectivity index (χ1n) is 9.71. The van der Waals surface area contributed by atoms with Crippen LogP contribution >= 0.6 is 0 Å². The van der Waals surface area contributed by atoms with Crippen LogP contribution in [0.15, 0.2) is 0 Å². The third kappa shape index (κ3) is 15.9. The lowest BCUT2D eigenvalue weighted by molar-refractivity contribution is -0.122. The SMILES string of the molecule is CCCCCCCCCCCCCCCCC(=O)C(C)C. The summed E-state index contributed by atoms with van der Waals surface area (Å²) in [5.41, 5.74) is 0. The zero-order chi connectivity index (χ0) is 15.8. The summed E-state index contributed by atoms with van der Waals surface area (Å²) in [5.74, 6) is 0.668. The molecule has 0 aliphatic heterocycles. The summed E-state index contributed by atoms with van der Waals surface area (Å²) in [7, 11) is 0. The summed E-state index contributed by atoms with van der Waals surface area (Å²) in [4.78, 5) is 11.5. The third-order valence-corrected chi connectivity index (χ3v) is 4.42. The maximum atomic E-state index is 11.5. The summed E-state index contributed by atoms with van der Waals surface area (Å²) >= 11 is 0. The first-order chi connectivity index (χ1) is 10.2. The number of hydrogen-bond donors (Lipinski definition) is 0. The molecule has 0 aromatic heterocycles. The average molecular weight is 297 g/mol. The number of hydrogen-bond acceptors (Lipinski definition) is 1. The Morgan fingerprint density at radius 2 is 0.952 bits per heavy atom. The number of rotatable bonds is 16. The minimum atomic E-state index is 0.229. The minimum Gasteiger partial charge on any atom is -0.299 e. The van der Waals surface area contributed by atoms with Crippen LogP contribution in [0, 0.1) is 5.92 Å². The van der Waals surface area contributed by atoms with Crippen molar-refractivity contribution in [2.75, 3.05) is 0 Å². The summed E-state index contributed by atoms with van der Waals surface area (Å²) in [6, 6.07) is 0. The number of carbonyl (C=O) groups excluding carboxylic acids is 1. The molecule has 0 aromatic rings. The maximum Gasteiger partial charge on any atom is 0.135 e. The lowest BCUT2D eigenvalue weighted by Crippen LogP contribution is -2.05. The second kappa shape index (κ2) is 16.0.